The summed E-state index contributed by atoms with van der Waals surface area (Å²) in [5, 5.41) is 12.3. The smallest absolute Gasteiger partial charge is 0.345 e. The van der Waals surface area contributed by atoms with Gasteiger partial charge in [0.05, 0.1) is 4.92 Å². The van der Waals surface area contributed by atoms with Crippen LogP contribution in [0.25, 0.3) is 0 Å². The fourth-order valence-electron chi connectivity index (χ4n) is 3.45. The van der Waals surface area contributed by atoms with E-state index < -0.39 is 39.3 Å². The van der Waals surface area contributed by atoms with E-state index in [2.05, 4.69) is 0 Å². The number of benzene rings is 3. The molecule has 160 valence electrons. The predicted octanol–water partition coefficient (Wildman–Crippen LogP) is 4.26. The SMILES string of the molecule is O=C1c2ccccc2C(=O)c2c1ccc(C(=O)OCCOc1cccc(Cl)c1)c2[N+](=O)[O-]. The molecule has 0 aliphatic heterocycles. The molecule has 0 aromatic heterocycles. The summed E-state index contributed by atoms with van der Waals surface area (Å²) in [7, 11) is 0. The molecular weight excluding hydrogens is 438 g/mol. The van der Waals surface area contributed by atoms with Crippen molar-refractivity contribution < 1.29 is 28.8 Å². The molecule has 8 nitrogen and oxygen atoms in total. The molecule has 0 amide bonds. The number of fused-ring (bicyclic) bond motifs is 2. The highest BCUT2D eigenvalue weighted by Crippen LogP contribution is 2.35. The summed E-state index contributed by atoms with van der Waals surface area (Å²) in [6, 6.07) is 15.0. The minimum Gasteiger partial charge on any atom is -0.490 e. The highest BCUT2D eigenvalue weighted by molar-refractivity contribution is 6.31. The minimum atomic E-state index is -1.01. The van der Waals surface area contributed by atoms with E-state index in [1.807, 2.05) is 0 Å². The van der Waals surface area contributed by atoms with Crippen molar-refractivity contribution in [2.45, 2.75) is 0 Å². The van der Waals surface area contributed by atoms with Gasteiger partial charge in [0, 0.05) is 21.7 Å². The summed E-state index contributed by atoms with van der Waals surface area (Å²) in [6.07, 6.45) is 0. The van der Waals surface area contributed by atoms with Crippen LogP contribution in [0.3, 0.4) is 0 Å². The average Bonchev–Trinajstić information content (AvgIpc) is 2.79. The van der Waals surface area contributed by atoms with Gasteiger partial charge in [0.15, 0.2) is 5.78 Å². The van der Waals surface area contributed by atoms with Crippen molar-refractivity contribution in [1.82, 2.24) is 0 Å². The van der Waals surface area contributed by atoms with E-state index >= 15 is 0 Å². The topological polar surface area (TPSA) is 113 Å². The van der Waals surface area contributed by atoms with Crippen molar-refractivity contribution in [3.8, 4) is 5.75 Å². The fraction of sp³-hybridized carbons (Fsp3) is 0.0870. The van der Waals surface area contributed by atoms with Gasteiger partial charge in [-0.2, -0.15) is 0 Å². The summed E-state index contributed by atoms with van der Waals surface area (Å²) in [5.74, 6) is -1.75. The number of carbonyl (C=O) groups is 3. The Kier molecular flexibility index (Phi) is 5.70. The van der Waals surface area contributed by atoms with Gasteiger partial charge in [-0.3, -0.25) is 19.7 Å². The van der Waals surface area contributed by atoms with Crippen LogP contribution in [0.15, 0.2) is 60.7 Å². The van der Waals surface area contributed by atoms with Crippen LogP contribution in [-0.2, 0) is 4.74 Å². The number of esters is 1. The minimum absolute atomic E-state index is 0.0182. The Morgan fingerprint density at radius 1 is 0.906 bits per heavy atom. The number of hydrogen-bond acceptors (Lipinski definition) is 7. The number of ketones is 2. The summed E-state index contributed by atoms with van der Waals surface area (Å²) < 4.78 is 10.5. The van der Waals surface area contributed by atoms with Gasteiger partial charge in [0.25, 0.3) is 5.69 Å². The number of halogens is 1. The Morgan fingerprint density at radius 2 is 1.62 bits per heavy atom. The van der Waals surface area contributed by atoms with E-state index in [9.17, 15) is 24.5 Å². The van der Waals surface area contributed by atoms with Crippen LogP contribution >= 0.6 is 11.6 Å². The number of rotatable bonds is 6. The van der Waals surface area contributed by atoms with E-state index in [1.165, 1.54) is 18.2 Å². The Balaban J connectivity index is 1.58. The lowest BCUT2D eigenvalue weighted by atomic mass is 9.82. The van der Waals surface area contributed by atoms with Crippen LogP contribution in [0.1, 0.15) is 42.2 Å². The monoisotopic (exact) mass is 451 g/mol. The largest absolute Gasteiger partial charge is 0.490 e. The first-order chi connectivity index (χ1) is 15.4. The second kappa shape index (κ2) is 8.60. The maximum Gasteiger partial charge on any atom is 0.345 e. The molecule has 0 fully saturated rings. The first-order valence-electron chi connectivity index (χ1n) is 9.44. The zero-order valence-corrected chi connectivity index (χ0v) is 17.1. The summed E-state index contributed by atoms with van der Waals surface area (Å²) in [5.41, 5.74) is -1.50. The molecule has 0 radical (unpaired) electrons. The van der Waals surface area contributed by atoms with Gasteiger partial charge >= 0.3 is 5.97 Å². The van der Waals surface area contributed by atoms with E-state index in [-0.39, 0.29) is 29.9 Å². The van der Waals surface area contributed by atoms with E-state index in [0.717, 1.165) is 6.07 Å². The molecule has 0 N–H and O–H groups in total. The van der Waals surface area contributed by atoms with Crippen LogP contribution in [0.5, 0.6) is 5.75 Å². The van der Waals surface area contributed by atoms with E-state index in [4.69, 9.17) is 21.1 Å². The second-order valence-corrected chi connectivity index (χ2v) is 7.22. The third-order valence-electron chi connectivity index (χ3n) is 4.85. The van der Waals surface area contributed by atoms with Crippen LogP contribution in [0.4, 0.5) is 5.69 Å². The molecule has 0 heterocycles. The molecule has 3 aromatic rings. The van der Waals surface area contributed by atoms with Gasteiger partial charge in [0.2, 0.25) is 5.78 Å². The maximum atomic E-state index is 13.0. The molecule has 0 bridgehead atoms. The van der Waals surface area contributed by atoms with E-state index in [1.54, 1.807) is 36.4 Å². The molecule has 9 heteroatoms. The summed E-state index contributed by atoms with van der Waals surface area (Å²) in [6.45, 7) is -0.217. The lowest BCUT2D eigenvalue weighted by Crippen LogP contribution is -2.24. The van der Waals surface area contributed by atoms with Crippen molar-refractivity contribution in [2.75, 3.05) is 13.2 Å². The molecule has 32 heavy (non-hydrogen) atoms. The Morgan fingerprint density at radius 3 is 2.31 bits per heavy atom. The Bertz CT molecular complexity index is 1290. The molecule has 0 spiro atoms. The number of nitro groups is 1. The van der Waals surface area contributed by atoms with E-state index in [0.29, 0.717) is 10.8 Å². The van der Waals surface area contributed by atoms with Crippen molar-refractivity contribution in [2.24, 2.45) is 0 Å². The number of ether oxygens (including phenoxy) is 2. The second-order valence-electron chi connectivity index (χ2n) is 6.79. The highest BCUT2D eigenvalue weighted by Gasteiger charge is 2.38. The third-order valence-corrected chi connectivity index (χ3v) is 5.08. The molecule has 0 atom stereocenters. The first-order valence-corrected chi connectivity index (χ1v) is 9.81. The lowest BCUT2D eigenvalue weighted by Gasteiger charge is -2.18. The van der Waals surface area contributed by atoms with Crippen molar-refractivity contribution in [1.29, 1.82) is 0 Å². The fourth-order valence-corrected chi connectivity index (χ4v) is 3.63. The molecular formula is C23H14ClNO7. The van der Waals surface area contributed by atoms with Crippen LogP contribution < -0.4 is 4.74 Å². The number of nitrogens with zero attached hydrogens (tertiary/aromatic N) is 1. The molecule has 0 unspecified atom stereocenters. The van der Waals surface area contributed by atoms with Crippen LogP contribution in [0.2, 0.25) is 5.02 Å². The van der Waals surface area contributed by atoms with Crippen molar-refractivity contribution >= 4 is 34.8 Å². The predicted molar refractivity (Wildman–Crippen MR) is 114 cm³/mol. The van der Waals surface area contributed by atoms with Gasteiger partial charge in [-0.05, 0) is 30.3 Å². The van der Waals surface area contributed by atoms with Crippen LogP contribution in [-0.4, -0.2) is 35.7 Å². The van der Waals surface area contributed by atoms with Crippen LogP contribution in [0, 0.1) is 10.1 Å². The average molecular weight is 452 g/mol. The summed E-state index contributed by atoms with van der Waals surface area (Å²) >= 11 is 5.87. The number of hydrogen-bond donors (Lipinski definition) is 0. The zero-order chi connectivity index (χ0) is 22.8. The quantitative estimate of drug-likeness (QED) is 0.186. The maximum absolute atomic E-state index is 13.0. The molecule has 0 saturated heterocycles. The molecule has 3 aromatic carbocycles. The molecule has 4 rings (SSSR count). The van der Waals surface area contributed by atoms with Crippen molar-refractivity contribution in [3.63, 3.8) is 0 Å². The third kappa shape index (κ3) is 3.83. The number of nitro benzene ring substituents is 1. The zero-order valence-electron chi connectivity index (χ0n) is 16.4. The lowest BCUT2D eigenvalue weighted by molar-refractivity contribution is -0.385. The Hall–Kier alpha value is -4.04. The van der Waals surface area contributed by atoms with Gasteiger partial charge in [-0.25, -0.2) is 4.79 Å². The van der Waals surface area contributed by atoms with Gasteiger partial charge < -0.3 is 9.47 Å². The molecule has 1 aliphatic carbocycles. The van der Waals surface area contributed by atoms with Gasteiger partial charge in [0.1, 0.15) is 30.1 Å². The standard InChI is InChI=1S/C23H14ClNO7/c24-13-4-3-5-14(12-13)31-10-11-32-23(28)18-9-8-17-19(20(18)25(29)30)22(27)16-7-2-1-6-15(16)21(17)26/h1-9,12H,10-11H2. The van der Waals surface area contributed by atoms with Gasteiger partial charge in [-0.15, -0.1) is 0 Å². The molecule has 1 aliphatic rings. The normalized spacial score (nSPS) is 12.0. The summed E-state index contributed by atoms with van der Waals surface area (Å²) in [4.78, 5) is 49.2. The van der Waals surface area contributed by atoms with Crippen molar-refractivity contribution in [3.05, 3.63) is 104 Å². The first kappa shape index (κ1) is 21.2. The van der Waals surface area contributed by atoms with Gasteiger partial charge in [-0.1, -0.05) is 41.9 Å². The molecule has 0 saturated carbocycles. The number of carbonyl (C=O) groups excluding carboxylic acids is 3. The highest BCUT2D eigenvalue weighted by atomic mass is 35.5. The Labute approximate surface area is 186 Å².